The number of aromatic carboxylic acids is 1. The quantitative estimate of drug-likeness (QED) is 0.863. The zero-order chi connectivity index (χ0) is 13.1. The van der Waals surface area contributed by atoms with Gasteiger partial charge in [-0.15, -0.1) is 0 Å². The summed E-state index contributed by atoms with van der Waals surface area (Å²) in [5.41, 5.74) is -0.0323. The summed E-state index contributed by atoms with van der Waals surface area (Å²) in [7, 11) is 0. The van der Waals surface area contributed by atoms with Gasteiger partial charge < -0.3 is 10.0 Å². The van der Waals surface area contributed by atoms with Crippen molar-refractivity contribution in [1.82, 2.24) is 14.7 Å². The molecule has 6 heteroatoms. The van der Waals surface area contributed by atoms with Gasteiger partial charge in [0, 0.05) is 19.3 Å². The molecule has 0 saturated carbocycles. The number of likely N-dealkylation sites (tertiary alicyclic amines) is 1. The summed E-state index contributed by atoms with van der Waals surface area (Å²) in [4.78, 5) is 24.5. The molecule has 1 aliphatic rings. The van der Waals surface area contributed by atoms with Gasteiger partial charge in [-0.1, -0.05) is 6.92 Å². The van der Waals surface area contributed by atoms with Crippen molar-refractivity contribution in [1.29, 1.82) is 0 Å². The fourth-order valence-electron chi connectivity index (χ4n) is 2.06. The SMILES string of the molecule is CC1CCN(C(=O)Cn2ccc(C(=O)O)n2)CC1. The highest BCUT2D eigenvalue weighted by Crippen LogP contribution is 2.16. The van der Waals surface area contributed by atoms with Gasteiger partial charge >= 0.3 is 5.97 Å². The maximum atomic E-state index is 12.0. The minimum atomic E-state index is -1.08. The fraction of sp³-hybridized carbons (Fsp3) is 0.583. The molecule has 6 nitrogen and oxygen atoms in total. The molecule has 1 amide bonds. The van der Waals surface area contributed by atoms with E-state index in [1.54, 1.807) is 0 Å². The predicted octanol–water partition coefficient (Wildman–Crippen LogP) is 0.840. The first-order valence-corrected chi connectivity index (χ1v) is 6.11. The Hall–Kier alpha value is -1.85. The lowest BCUT2D eigenvalue weighted by atomic mass is 9.99. The molecule has 1 aliphatic heterocycles. The number of hydrogen-bond acceptors (Lipinski definition) is 3. The fourth-order valence-corrected chi connectivity index (χ4v) is 2.06. The Morgan fingerprint density at radius 1 is 1.44 bits per heavy atom. The molecule has 1 aromatic heterocycles. The molecule has 1 aromatic rings. The first-order valence-electron chi connectivity index (χ1n) is 6.11. The molecule has 0 radical (unpaired) electrons. The van der Waals surface area contributed by atoms with Gasteiger partial charge in [-0.3, -0.25) is 9.48 Å². The first kappa shape index (κ1) is 12.6. The summed E-state index contributed by atoms with van der Waals surface area (Å²) < 4.78 is 1.38. The Balaban J connectivity index is 1.92. The van der Waals surface area contributed by atoms with Crippen molar-refractivity contribution < 1.29 is 14.7 Å². The van der Waals surface area contributed by atoms with E-state index in [9.17, 15) is 9.59 Å². The number of nitrogens with zero attached hydrogens (tertiary/aromatic N) is 3. The van der Waals surface area contributed by atoms with E-state index in [0.29, 0.717) is 5.92 Å². The Morgan fingerprint density at radius 2 is 2.11 bits per heavy atom. The molecule has 0 aliphatic carbocycles. The van der Waals surface area contributed by atoms with E-state index in [0.717, 1.165) is 25.9 Å². The number of aromatic nitrogens is 2. The van der Waals surface area contributed by atoms with E-state index in [1.807, 2.05) is 4.90 Å². The van der Waals surface area contributed by atoms with Crippen LogP contribution in [-0.2, 0) is 11.3 Å². The molecule has 0 spiro atoms. The van der Waals surface area contributed by atoms with Crippen LogP contribution >= 0.6 is 0 Å². The standard InChI is InChI=1S/C12H17N3O3/c1-9-2-5-14(6-3-9)11(16)8-15-7-4-10(13-15)12(17)18/h4,7,9H,2-3,5-6,8H2,1H3,(H,17,18). The molecule has 2 heterocycles. The van der Waals surface area contributed by atoms with Gasteiger partial charge in [0.25, 0.3) is 0 Å². The molecule has 18 heavy (non-hydrogen) atoms. The lowest BCUT2D eigenvalue weighted by Crippen LogP contribution is -2.39. The molecule has 0 bridgehead atoms. The van der Waals surface area contributed by atoms with Crippen molar-refractivity contribution in [2.75, 3.05) is 13.1 Å². The third kappa shape index (κ3) is 2.88. The van der Waals surface area contributed by atoms with Gasteiger partial charge in [0.2, 0.25) is 5.91 Å². The molecule has 1 N–H and O–H groups in total. The second-order valence-corrected chi connectivity index (χ2v) is 4.77. The average molecular weight is 251 g/mol. The van der Waals surface area contributed by atoms with Crippen molar-refractivity contribution >= 4 is 11.9 Å². The molecule has 0 atom stereocenters. The van der Waals surface area contributed by atoms with E-state index >= 15 is 0 Å². The highest BCUT2D eigenvalue weighted by Gasteiger charge is 2.20. The highest BCUT2D eigenvalue weighted by atomic mass is 16.4. The van der Waals surface area contributed by atoms with Crippen molar-refractivity contribution in [3.05, 3.63) is 18.0 Å². The predicted molar refractivity (Wildman–Crippen MR) is 64.2 cm³/mol. The largest absolute Gasteiger partial charge is 0.476 e. The first-order chi connectivity index (χ1) is 8.56. The van der Waals surface area contributed by atoms with Gasteiger partial charge in [-0.25, -0.2) is 4.79 Å². The molecule has 1 saturated heterocycles. The van der Waals surface area contributed by atoms with Crippen LogP contribution in [0.3, 0.4) is 0 Å². The zero-order valence-corrected chi connectivity index (χ0v) is 10.4. The van der Waals surface area contributed by atoms with E-state index in [4.69, 9.17) is 5.11 Å². The van der Waals surface area contributed by atoms with Crippen LogP contribution < -0.4 is 0 Å². The van der Waals surface area contributed by atoms with E-state index in [-0.39, 0.29) is 18.1 Å². The normalized spacial score (nSPS) is 16.8. The number of piperidine rings is 1. The van der Waals surface area contributed by atoms with Crippen molar-refractivity contribution in [2.45, 2.75) is 26.3 Å². The number of carbonyl (C=O) groups is 2. The lowest BCUT2D eigenvalue weighted by Gasteiger charge is -2.30. The summed E-state index contributed by atoms with van der Waals surface area (Å²) in [6.07, 6.45) is 3.59. The lowest BCUT2D eigenvalue weighted by molar-refractivity contribution is -0.133. The van der Waals surface area contributed by atoms with Crippen LogP contribution in [0, 0.1) is 5.92 Å². The Bertz CT molecular complexity index is 447. The minimum absolute atomic E-state index is 0.00180. The van der Waals surface area contributed by atoms with Crippen molar-refractivity contribution in [2.24, 2.45) is 5.92 Å². The Labute approximate surface area is 105 Å². The molecule has 0 unspecified atom stereocenters. The summed E-state index contributed by atoms with van der Waals surface area (Å²) in [5, 5.41) is 12.6. The van der Waals surface area contributed by atoms with E-state index in [2.05, 4.69) is 12.0 Å². The zero-order valence-electron chi connectivity index (χ0n) is 10.4. The number of rotatable bonds is 3. The summed E-state index contributed by atoms with van der Waals surface area (Å²) in [6.45, 7) is 3.87. The third-order valence-electron chi connectivity index (χ3n) is 3.29. The van der Waals surface area contributed by atoms with Crippen LogP contribution in [0.4, 0.5) is 0 Å². The number of hydrogen-bond donors (Lipinski definition) is 1. The highest BCUT2D eigenvalue weighted by molar-refractivity contribution is 5.85. The maximum absolute atomic E-state index is 12.0. The third-order valence-corrected chi connectivity index (χ3v) is 3.29. The number of carboxylic acids is 1. The van der Waals surface area contributed by atoms with Gasteiger partial charge in [-0.05, 0) is 24.8 Å². The molecule has 1 fully saturated rings. The summed E-state index contributed by atoms with van der Waals surface area (Å²) in [6, 6.07) is 1.40. The Morgan fingerprint density at radius 3 is 2.67 bits per heavy atom. The van der Waals surface area contributed by atoms with Crippen molar-refractivity contribution in [3.63, 3.8) is 0 Å². The monoisotopic (exact) mass is 251 g/mol. The molecule has 0 aromatic carbocycles. The summed E-state index contributed by atoms with van der Waals surface area (Å²) >= 11 is 0. The topological polar surface area (TPSA) is 75.4 Å². The number of amides is 1. The second kappa shape index (κ2) is 5.20. The molecule has 98 valence electrons. The van der Waals surface area contributed by atoms with Gasteiger partial charge in [0.15, 0.2) is 5.69 Å². The van der Waals surface area contributed by atoms with E-state index < -0.39 is 5.97 Å². The molecular formula is C12H17N3O3. The summed E-state index contributed by atoms with van der Waals surface area (Å²) in [5.74, 6) is -0.396. The van der Waals surface area contributed by atoms with Gasteiger partial charge in [-0.2, -0.15) is 5.10 Å². The van der Waals surface area contributed by atoms with Crippen LogP contribution in [0.25, 0.3) is 0 Å². The number of carbonyl (C=O) groups excluding carboxylic acids is 1. The van der Waals surface area contributed by atoms with Gasteiger partial charge in [0.1, 0.15) is 6.54 Å². The van der Waals surface area contributed by atoms with Crippen LogP contribution in [0.5, 0.6) is 0 Å². The minimum Gasteiger partial charge on any atom is -0.476 e. The average Bonchev–Trinajstić information content (AvgIpc) is 2.78. The van der Waals surface area contributed by atoms with Crippen LogP contribution in [0.2, 0.25) is 0 Å². The van der Waals surface area contributed by atoms with Crippen molar-refractivity contribution in [3.8, 4) is 0 Å². The molecular weight excluding hydrogens is 234 g/mol. The van der Waals surface area contributed by atoms with Crippen LogP contribution in [-0.4, -0.2) is 44.8 Å². The van der Waals surface area contributed by atoms with Crippen LogP contribution in [0.1, 0.15) is 30.3 Å². The van der Waals surface area contributed by atoms with Gasteiger partial charge in [0.05, 0.1) is 0 Å². The maximum Gasteiger partial charge on any atom is 0.356 e. The number of carboxylic acid groups (broad SMARTS) is 1. The van der Waals surface area contributed by atoms with Crippen LogP contribution in [0.15, 0.2) is 12.3 Å². The Kier molecular flexibility index (Phi) is 3.64. The smallest absolute Gasteiger partial charge is 0.356 e. The molecule has 2 rings (SSSR count). The van der Waals surface area contributed by atoms with E-state index in [1.165, 1.54) is 16.9 Å². The second-order valence-electron chi connectivity index (χ2n) is 4.77.